The molecule has 0 saturated heterocycles. The molecule has 0 radical (unpaired) electrons. The minimum atomic E-state index is 1.01. The van der Waals surface area contributed by atoms with Crippen molar-refractivity contribution in [2.75, 3.05) is 0 Å². The molecule has 0 N–H and O–H groups in total. The van der Waals surface area contributed by atoms with Crippen molar-refractivity contribution in [3.8, 4) is 0 Å². The summed E-state index contributed by atoms with van der Waals surface area (Å²) in [6, 6.07) is 0. The molecule has 1 saturated carbocycles. The van der Waals surface area contributed by atoms with Gasteiger partial charge in [-0.05, 0) is 31.6 Å². The summed E-state index contributed by atoms with van der Waals surface area (Å²) in [5.74, 6) is 1.01. The second-order valence-corrected chi connectivity index (χ2v) is 4.73. The van der Waals surface area contributed by atoms with E-state index in [1.165, 1.54) is 64.2 Å². The maximum absolute atomic E-state index is 2.49. The van der Waals surface area contributed by atoms with Gasteiger partial charge in [-0.2, -0.15) is 0 Å². The Labute approximate surface area is 82.4 Å². The van der Waals surface area contributed by atoms with E-state index in [0.29, 0.717) is 0 Å². The van der Waals surface area contributed by atoms with Gasteiger partial charge in [0.1, 0.15) is 0 Å². The third-order valence-electron chi connectivity index (χ3n) is 3.71. The van der Waals surface area contributed by atoms with Crippen LogP contribution in [0.3, 0.4) is 0 Å². The fourth-order valence-corrected chi connectivity index (χ4v) is 2.66. The summed E-state index contributed by atoms with van der Waals surface area (Å²) >= 11 is 0. The molecule has 0 aromatic carbocycles. The Morgan fingerprint density at radius 3 is 2.23 bits per heavy atom. The van der Waals surface area contributed by atoms with Gasteiger partial charge in [0.2, 0.25) is 0 Å². The normalized spacial score (nSPS) is 30.8. The molecule has 0 amide bonds. The summed E-state index contributed by atoms with van der Waals surface area (Å²) in [4.78, 5) is 0. The van der Waals surface area contributed by atoms with E-state index in [1.807, 2.05) is 5.57 Å². The van der Waals surface area contributed by atoms with Gasteiger partial charge < -0.3 is 0 Å². The van der Waals surface area contributed by atoms with Crippen molar-refractivity contribution in [1.29, 1.82) is 0 Å². The van der Waals surface area contributed by atoms with E-state index in [9.17, 15) is 0 Å². The minimum absolute atomic E-state index is 1.01. The highest BCUT2D eigenvalue weighted by molar-refractivity contribution is 5.17. The Morgan fingerprint density at radius 2 is 1.54 bits per heavy atom. The van der Waals surface area contributed by atoms with Crippen LogP contribution in [0.15, 0.2) is 11.6 Å². The van der Waals surface area contributed by atoms with E-state index in [4.69, 9.17) is 0 Å². The van der Waals surface area contributed by atoms with Crippen molar-refractivity contribution in [3.63, 3.8) is 0 Å². The molecule has 0 bridgehead atoms. The summed E-state index contributed by atoms with van der Waals surface area (Å²) in [6.07, 6.45) is 17.2. The van der Waals surface area contributed by atoms with Gasteiger partial charge in [-0.15, -0.1) is 0 Å². The lowest BCUT2D eigenvalue weighted by Crippen LogP contribution is -2.12. The van der Waals surface area contributed by atoms with E-state index in [-0.39, 0.29) is 0 Å². The summed E-state index contributed by atoms with van der Waals surface area (Å²) in [6.45, 7) is 0. The fraction of sp³-hybridized carbons (Fsp3) is 0.846. The van der Waals surface area contributed by atoms with Crippen LogP contribution in [-0.4, -0.2) is 0 Å². The van der Waals surface area contributed by atoms with Crippen molar-refractivity contribution < 1.29 is 0 Å². The average Bonchev–Trinajstić information content (AvgIpc) is 2.13. The standard InChI is InChI=1S/C13H22/c1-2-4-6-8-12-10-11-13(12)9-7-5-3-1/h10,13H,1-9,11H2. The van der Waals surface area contributed by atoms with Gasteiger partial charge in [-0.3, -0.25) is 0 Å². The van der Waals surface area contributed by atoms with Crippen molar-refractivity contribution in [3.05, 3.63) is 11.6 Å². The van der Waals surface area contributed by atoms with Crippen molar-refractivity contribution in [2.24, 2.45) is 5.92 Å². The zero-order valence-electron chi connectivity index (χ0n) is 8.73. The first-order chi connectivity index (χ1) is 6.47. The van der Waals surface area contributed by atoms with Crippen LogP contribution >= 0.6 is 0 Å². The maximum Gasteiger partial charge on any atom is -0.0169 e. The van der Waals surface area contributed by atoms with Gasteiger partial charge in [0.25, 0.3) is 0 Å². The quantitative estimate of drug-likeness (QED) is 0.480. The summed E-state index contributed by atoms with van der Waals surface area (Å²) in [5.41, 5.74) is 1.81. The fourth-order valence-electron chi connectivity index (χ4n) is 2.66. The summed E-state index contributed by atoms with van der Waals surface area (Å²) < 4.78 is 0. The molecule has 0 spiro atoms. The second kappa shape index (κ2) is 4.83. The van der Waals surface area contributed by atoms with Crippen LogP contribution in [0, 0.1) is 5.92 Å². The average molecular weight is 178 g/mol. The molecule has 0 heterocycles. The van der Waals surface area contributed by atoms with Gasteiger partial charge in [-0.1, -0.05) is 50.2 Å². The lowest BCUT2D eigenvalue weighted by Gasteiger charge is -2.27. The highest BCUT2D eigenvalue weighted by atomic mass is 14.3. The summed E-state index contributed by atoms with van der Waals surface area (Å²) in [7, 11) is 0. The largest absolute Gasteiger partial charge is 0.0844 e. The highest BCUT2D eigenvalue weighted by Gasteiger charge is 2.20. The molecule has 1 atom stereocenters. The van der Waals surface area contributed by atoms with Crippen molar-refractivity contribution in [2.45, 2.75) is 64.2 Å². The molecule has 0 aliphatic heterocycles. The third kappa shape index (κ3) is 2.59. The third-order valence-corrected chi connectivity index (χ3v) is 3.71. The Balaban J connectivity index is 1.80. The minimum Gasteiger partial charge on any atom is -0.0844 e. The number of rotatable bonds is 0. The van der Waals surface area contributed by atoms with Gasteiger partial charge in [0.15, 0.2) is 0 Å². The van der Waals surface area contributed by atoms with E-state index in [2.05, 4.69) is 6.08 Å². The van der Waals surface area contributed by atoms with E-state index in [0.717, 1.165) is 5.92 Å². The second-order valence-electron chi connectivity index (χ2n) is 4.73. The lowest BCUT2D eigenvalue weighted by atomic mass is 9.79. The monoisotopic (exact) mass is 178 g/mol. The first kappa shape index (κ1) is 9.30. The van der Waals surface area contributed by atoms with E-state index in [1.54, 1.807) is 0 Å². The number of allylic oxidation sites excluding steroid dienone is 2. The smallest absolute Gasteiger partial charge is 0.0169 e. The zero-order chi connectivity index (χ0) is 8.93. The van der Waals surface area contributed by atoms with Gasteiger partial charge in [0, 0.05) is 0 Å². The molecule has 0 aromatic heterocycles. The molecule has 0 nitrogen and oxygen atoms in total. The molecular weight excluding hydrogens is 156 g/mol. The maximum atomic E-state index is 2.49. The van der Waals surface area contributed by atoms with Crippen molar-refractivity contribution >= 4 is 0 Å². The Kier molecular flexibility index (Phi) is 3.46. The molecule has 0 heteroatoms. The van der Waals surface area contributed by atoms with Gasteiger partial charge in [0.05, 0.1) is 0 Å². The predicted molar refractivity (Wildman–Crippen MR) is 57.7 cm³/mol. The number of fused-ring (bicyclic) bond motifs is 1. The molecule has 2 aliphatic carbocycles. The lowest BCUT2D eigenvalue weighted by molar-refractivity contribution is 0.465. The van der Waals surface area contributed by atoms with Crippen LogP contribution in [0.1, 0.15) is 64.2 Å². The van der Waals surface area contributed by atoms with Gasteiger partial charge >= 0.3 is 0 Å². The molecule has 74 valence electrons. The van der Waals surface area contributed by atoms with E-state index >= 15 is 0 Å². The van der Waals surface area contributed by atoms with Crippen LogP contribution in [0.5, 0.6) is 0 Å². The van der Waals surface area contributed by atoms with Crippen LogP contribution < -0.4 is 0 Å². The SMILES string of the molecule is C1=C2CCCCCCCCCC2C1. The first-order valence-corrected chi connectivity index (χ1v) is 6.16. The van der Waals surface area contributed by atoms with Crippen LogP contribution in [0.2, 0.25) is 0 Å². The van der Waals surface area contributed by atoms with Crippen molar-refractivity contribution in [1.82, 2.24) is 0 Å². The molecule has 2 rings (SSSR count). The molecule has 1 unspecified atom stereocenters. The van der Waals surface area contributed by atoms with E-state index < -0.39 is 0 Å². The Morgan fingerprint density at radius 1 is 0.846 bits per heavy atom. The molecule has 13 heavy (non-hydrogen) atoms. The number of hydrogen-bond donors (Lipinski definition) is 0. The van der Waals surface area contributed by atoms with Crippen LogP contribution in [0.25, 0.3) is 0 Å². The molecule has 0 aromatic rings. The molecular formula is C13H22. The molecule has 1 fully saturated rings. The van der Waals surface area contributed by atoms with Crippen LogP contribution in [-0.2, 0) is 0 Å². The topological polar surface area (TPSA) is 0 Å². The van der Waals surface area contributed by atoms with Crippen LogP contribution in [0.4, 0.5) is 0 Å². The van der Waals surface area contributed by atoms with Gasteiger partial charge in [-0.25, -0.2) is 0 Å². The first-order valence-electron chi connectivity index (χ1n) is 6.16. The zero-order valence-corrected chi connectivity index (χ0v) is 8.73. The predicted octanol–water partition coefficient (Wildman–Crippen LogP) is 4.46. The molecule has 2 aliphatic rings. The highest BCUT2D eigenvalue weighted by Crippen LogP contribution is 2.35. The number of hydrogen-bond acceptors (Lipinski definition) is 0. The Hall–Kier alpha value is -0.260. The Bertz CT molecular complexity index is 178. The summed E-state index contributed by atoms with van der Waals surface area (Å²) in [5, 5.41) is 0.